The number of carbonyl (C=O) groups excluding carboxylic acids is 4. The molecule has 1 fully saturated rings. The lowest BCUT2D eigenvalue weighted by molar-refractivity contribution is -0.151. The van der Waals surface area contributed by atoms with Crippen molar-refractivity contribution in [3.8, 4) is 17.2 Å². The van der Waals surface area contributed by atoms with Gasteiger partial charge in [-0.2, -0.15) is 0 Å². The predicted octanol–water partition coefficient (Wildman–Crippen LogP) is 2.47. The number of esters is 1. The largest absolute Gasteiger partial charge is 0.506 e. The smallest absolute Gasteiger partial charge is 0.336 e. The highest BCUT2D eigenvalue weighted by Gasteiger charge is 2.63. The van der Waals surface area contributed by atoms with Crippen molar-refractivity contribution in [1.82, 2.24) is 4.90 Å². The number of aliphatic hydroxyl groups is 1. The van der Waals surface area contributed by atoms with E-state index < -0.39 is 63.8 Å². The monoisotopic (exact) mass is 585 g/mol. The number of hydrogen-bond donors (Lipinski definition) is 2. The summed E-state index contributed by atoms with van der Waals surface area (Å²) >= 11 is 0. The molecule has 1 aromatic heterocycles. The Bertz CT molecular complexity index is 2090. The summed E-state index contributed by atoms with van der Waals surface area (Å²) in [5.74, 6) is -3.84. The van der Waals surface area contributed by atoms with E-state index in [-0.39, 0.29) is 51.0 Å². The van der Waals surface area contributed by atoms with Crippen molar-refractivity contribution in [2.45, 2.75) is 31.5 Å². The maximum atomic E-state index is 14.1. The number of fused-ring (bicyclic) bond motifs is 7. The number of methoxy groups -OCH3 is 2. The molecule has 4 aromatic rings. The van der Waals surface area contributed by atoms with Crippen LogP contribution in [0.25, 0.3) is 21.7 Å². The zero-order valence-electron chi connectivity index (χ0n) is 23.3. The van der Waals surface area contributed by atoms with E-state index in [0.717, 1.165) is 4.90 Å². The highest BCUT2D eigenvalue weighted by molar-refractivity contribution is 6.32. The van der Waals surface area contributed by atoms with Gasteiger partial charge in [-0.1, -0.05) is 6.07 Å². The van der Waals surface area contributed by atoms with E-state index in [0.29, 0.717) is 10.9 Å². The van der Waals surface area contributed by atoms with Gasteiger partial charge in [-0.15, -0.1) is 0 Å². The van der Waals surface area contributed by atoms with Crippen molar-refractivity contribution in [2.24, 2.45) is 0 Å². The quantitative estimate of drug-likeness (QED) is 0.298. The average Bonchev–Trinajstić information content (AvgIpc) is 3.18. The summed E-state index contributed by atoms with van der Waals surface area (Å²) in [5.41, 5.74) is -4.70. The van der Waals surface area contributed by atoms with E-state index in [1.165, 1.54) is 52.3 Å². The topological polar surface area (TPSA) is 170 Å². The predicted molar refractivity (Wildman–Crippen MR) is 148 cm³/mol. The number of ketones is 2. The summed E-state index contributed by atoms with van der Waals surface area (Å²) in [6.45, 7) is 2.17. The Morgan fingerprint density at radius 1 is 0.930 bits per heavy atom. The average molecular weight is 586 g/mol. The number of phenolic OH excluding ortho intramolecular Hbond substituents is 1. The molecule has 0 spiro atoms. The summed E-state index contributed by atoms with van der Waals surface area (Å²) in [6, 6.07) is 7.20. The van der Waals surface area contributed by atoms with Gasteiger partial charge in [0.05, 0.1) is 31.8 Å². The number of rotatable bonds is 3. The molecule has 1 amide bonds. The van der Waals surface area contributed by atoms with E-state index in [2.05, 4.69) is 0 Å². The van der Waals surface area contributed by atoms with Gasteiger partial charge in [-0.25, -0.2) is 4.79 Å². The lowest BCUT2D eigenvalue weighted by atomic mass is 9.80. The molecule has 0 bridgehead atoms. The van der Waals surface area contributed by atoms with Crippen LogP contribution in [0.15, 0.2) is 39.5 Å². The maximum Gasteiger partial charge on any atom is 0.336 e. The molecule has 3 heterocycles. The Kier molecular flexibility index (Phi) is 5.22. The second-order valence-electron chi connectivity index (χ2n) is 11.2. The van der Waals surface area contributed by atoms with Crippen LogP contribution < -0.4 is 14.9 Å². The highest BCUT2D eigenvalue weighted by atomic mass is 16.6. The molecule has 7 rings (SSSR count). The Labute approximate surface area is 242 Å². The Morgan fingerprint density at radius 3 is 2.30 bits per heavy atom. The summed E-state index contributed by atoms with van der Waals surface area (Å²) < 4.78 is 21.9. The minimum atomic E-state index is -1.71. The molecule has 3 aliphatic rings. The van der Waals surface area contributed by atoms with Gasteiger partial charge >= 0.3 is 5.97 Å². The minimum absolute atomic E-state index is 0.00617. The van der Waals surface area contributed by atoms with Crippen LogP contribution in [0.5, 0.6) is 17.2 Å². The Morgan fingerprint density at radius 2 is 1.63 bits per heavy atom. The third-order valence-electron chi connectivity index (χ3n) is 8.63. The number of carbonyl (C=O) groups is 4. The fourth-order valence-electron chi connectivity index (χ4n) is 6.59. The highest BCUT2D eigenvalue weighted by Crippen LogP contribution is 2.48. The summed E-state index contributed by atoms with van der Waals surface area (Å²) in [7, 11) is 2.77. The van der Waals surface area contributed by atoms with Gasteiger partial charge in [-0.05, 0) is 43.0 Å². The normalized spacial score (nSPS) is 22.3. The lowest BCUT2D eigenvalue weighted by Gasteiger charge is -2.42. The van der Waals surface area contributed by atoms with Gasteiger partial charge in [-0.3, -0.25) is 24.1 Å². The standard InChI is InChI=1S/C31H23NO11/c1-30(11-33)29(39)43-31(2)10-13-7-12-5-6-14-21(19(12)25(36)20(13)28(38)32(30)31)26(37)22-23(34)15-8-17(40-3)18(41-4)9-16(15)42-27(22)24(14)35/h5-9,33,36H,10-11H2,1-4H3/t30-,31-/m0/s1. The van der Waals surface area contributed by atoms with Crippen molar-refractivity contribution in [3.05, 3.63) is 74.1 Å². The number of hydrogen-bond acceptors (Lipinski definition) is 11. The zero-order valence-corrected chi connectivity index (χ0v) is 23.3. The van der Waals surface area contributed by atoms with Crippen LogP contribution in [-0.2, 0) is 16.0 Å². The van der Waals surface area contributed by atoms with Crippen molar-refractivity contribution in [2.75, 3.05) is 20.8 Å². The summed E-state index contributed by atoms with van der Waals surface area (Å²) in [4.78, 5) is 69.2. The van der Waals surface area contributed by atoms with Gasteiger partial charge in [0.1, 0.15) is 16.9 Å². The number of nitrogens with zero attached hydrogens (tertiary/aromatic N) is 1. The van der Waals surface area contributed by atoms with Crippen molar-refractivity contribution in [1.29, 1.82) is 0 Å². The molecule has 1 aliphatic carbocycles. The van der Waals surface area contributed by atoms with E-state index in [1.54, 1.807) is 6.07 Å². The van der Waals surface area contributed by atoms with E-state index >= 15 is 0 Å². The van der Waals surface area contributed by atoms with Crippen molar-refractivity contribution < 1.29 is 48.0 Å². The molecular formula is C31H23NO11. The van der Waals surface area contributed by atoms with Gasteiger partial charge in [0.2, 0.25) is 17.0 Å². The first-order chi connectivity index (χ1) is 20.4. The van der Waals surface area contributed by atoms with Gasteiger partial charge < -0.3 is 28.8 Å². The Hall–Kier alpha value is -5.23. The van der Waals surface area contributed by atoms with Crippen LogP contribution in [0.2, 0.25) is 0 Å². The first-order valence-corrected chi connectivity index (χ1v) is 13.2. The molecule has 43 heavy (non-hydrogen) atoms. The van der Waals surface area contributed by atoms with E-state index in [9.17, 15) is 34.2 Å². The number of amides is 1. The fraction of sp³-hybridized carbons (Fsp3) is 0.258. The third-order valence-corrected chi connectivity index (χ3v) is 8.63. The molecule has 2 N–H and O–H groups in total. The fourth-order valence-corrected chi connectivity index (χ4v) is 6.59. The molecule has 0 unspecified atom stereocenters. The van der Waals surface area contributed by atoms with E-state index in [1.807, 2.05) is 0 Å². The molecule has 1 saturated heterocycles. The second-order valence-corrected chi connectivity index (χ2v) is 11.2. The minimum Gasteiger partial charge on any atom is -0.506 e. The molecule has 3 aromatic carbocycles. The molecule has 12 heteroatoms. The van der Waals surface area contributed by atoms with Gasteiger partial charge in [0, 0.05) is 29.0 Å². The van der Waals surface area contributed by atoms with Gasteiger partial charge in [0.25, 0.3) is 5.91 Å². The number of ether oxygens (including phenoxy) is 3. The van der Waals surface area contributed by atoms with Gasteiger partial charge in [0.15, 0.2) is 28.5 Å². The molecule has 12 nitrogen and oxygen atoms in total. The molecular weight excluding hydrogens is 562 g/mol. The van der Waals surface area contributed by atoms with Crippen LogP contribution in [0.1, 0.15) is 61.8 Å². The van der Waals surface area contributed by atoms with E-state index in [4.69, 9.17) is 18.6 Å². The SMILES string of the molecule is COc1cc2oc3c(c(=O)c2cc1OC)C(=O)c1c(ccc2cc4c(c(O)c12)C(=O)N1[C@@](C)(CO)C(=O)O[C@@]1(C)C4)C3=O. The third kappa shape index (κ3) is 3.15. The lowest BCUT2D eigenvalue weighted by Crippen LogP contribution is -2.60. The number of phenols is 1. The summed E-state index contributed by atoms with van der Waals surface area (Å²) in [6.07, 6.45) is -0.00737. The molecule has 218 valence electrons. The van der Waals surface area contributed by atoms with Crippen LogP contribution in [-0.4, -0.2) is 70.6 Å². The van der Waals surface area contributed by atoms with Crippen molar-refractivity contribution in [3.63, 3.8) is 0 Å². The number of aromatic hydroxyl groups is 1. The summed E-state index contributed by atoms with van der Waals surface area (Å²) in [5, 5.41) is 21.8. The second kappa shape index (κ2) is 8.42. The maximum absolute atomic E-state index is 14.1. The number of benzene rings is 3. The number of aliphatic hydroxyl groups excluding tert-OH is 1. The first kappa shape index (κ1) is 26.7. The first-order valence-electron chi connectivity index (χ1n) is 13.2. The van der Waals surface area contributed by atoms with Crippen LogP contribution in [0.4, 0.5) is 0 Å². The van der Waals surface area contributed by atoms with Crippen LogP contribution in [0, 0.1) is 0 Å². The zero-order chi connectivity index (χ0) is 30.7. The molecule has 2 atom stereocenters. The Balaban J connectivity index is 1.48. The molecule has 2 aliphatic heterocycles. The van der Waals surface area contributed by atoms with Crippen LogP contribution >= 0.6 is 0 Å². The molecule has 0 radical (unpaired) electrons. The van der Waals surface area contributed by atoms with Crippen molar-refractivity contribution >= 4 is 45.2 Å². The van der Waals surface area contributed by atoms with Crippen LogP contribution in [0.3, 0.4) is 0 Å². The molecule has 0 saturated carbocycles.